The first kappa shape index (κ1) is 28.9. The van der Waals surface area contributed by atoms with Crippen LogP contribution in [0.4, 0.5) is 4.79 Å². The number of esters is 1. The van der Waals surface area contributed by atoms with Gasteiger partial charge in [-0.05, 0) is 40.7 Å². The summed E-state index contributed by atoms with van der Waals surface area (Å²) in [5.41, 5.74) is 5.04. The van der Waals surface area contributed by atoms with Gasteiger partial charge in [-0.1, -0.05) is 91.7 Å². The van der Waals surface area contributed by atoms with E-state index in [0.717, 1.165) is 40.7 Å². The molecule has 0 radical (unpaired) electrons. The van der Waals surface area contributed by atoms with Gasteiger partial charge in [0.05, 0.1) is 12.3 Å². The fraction of sp³-hybridized carbons (Fsp3) is 0.333. The number of rotatable bonds is 10. The summed E-state index contributed by atoms with van der Waals surface area (Å²) in [4.78, 5) is 50.8. The van der Waals surface area contributed by atoms with Crippen LogP contribution in [0.2, 0.25) is 0 Å². The van der Waals surface area contributed by atoms with Crippen LogP contribution >= 0.6 is 0 Å². The summed E-state index contributed by atoms with van der Waals surface area (Å²) in [5, 5.41) is 14.9. The van der Waals surface area contributed by atoms with E-state index in [2.05, 4.69) is 10.6 Å². The highest BCUT2D eigenvalue weighted by atomic mass is 16.5. The summed E-state index contributed by atoms with van der Waals surface area (Å²) in [6.45, 7) is 0.0546. The highest BCUT2D eigenvalue weighted by Gasteiger charge is 2.35. The Hall–Kier alpha value is -4.66. The first-order valence-corrected chi connectivity index (χ1v) is 14.2. The average Bonchev–Trinajstić information content (AvgIpc) is 3.33. The minimum absolute atomic E-state index is 0.0165. The lowest BCUT2D eigenvalue weighted by Gasteiger charge is -2.30. The first-order valence-electron chi connectivity index (χ1n) is 14.2. The van der Waals surface area contributed by atoms with Gasteiger partial charge >= 0.3 is 18.0 Å². The van der Waals surface area contributed by atoms with Gasteiger partial charge < -0.3 is 25.2 Å². The Labute approximate surface area is 244 Å². The Morgan fingerprint density at radius 3 is 2.10 bits per heavy atom. The second kappa shape index (κ2) is 13.3. The van der Waals surface area contributed by atoms with Gasteiger partial charge in [0.1, 0.15) is 19.3 Å². The van der Waals surface area contributed by atoms with E-state index in [1.54, 1.807) is 0 Å². The fourth-order valence-corrected chi connectivity index (χ4v) is 5.84. The van der Waals surface area contributed by atoms with Gasteiger partial charge in [0.2, 0.25) is 5.91 Å². The van der Waals surface area contributed by atoms with E-state index in [1.165, 1.54) is 0 Å². The van der Waals surface area contributed by atoms with Crippen LogP contribution in [-0.4, -0.2) is 47.7 Å². The zero-order valence-corrected chi connectivity index (χ0v) is 23.2. The molecule has 1 saturated carbocycles. The number of nitrogens with one attached hydrogen (secondary N) is 2. The number of fused-ring (bicyclic) bond motifs is 3. The van der Waals surface area contributed by atoms with E-state index < -0.39 is 48.4 Å². The molecule has 0 aliphatic heterocycles. The molecule has 0 aromatic heterocycles. The lowest BCUT2D eigenvalue weighted by atomic mass is 9.84. The average molecular weight is 571 g/mol. The summed E-state index contributed by atoms with van der Waals surface area (Å²) >= 11 is 0. The fourth-order valence-electron chi connectivity index (χ4n) is 5.84. The van der Waals surface area contributed by atoms with Gasteiger partial charge in [-0.3, -0.25) is 14.4 Å². The van der Waals surface area contributed by atoms with E-state index in [-0.39, 0.29) is 19.1 Å². The number of hydrogen-bond acceptors (Lipinski definition) is 6. The molecule has 0 saturated heterocycles. The quantitative estimate of drug-likeness (QED) is 0.299. The third kappa shape index (κ3) is 6.79. The normalized spacial score (nSPS) is 18.2. The van der Waals surface area contributed by atoms with Crippen LogP contribution in [0.3, 0.4) is 0 Å². The van der Waals surface area contributed by atoms with Crippen molar-refractivity contribution < 1.29 is 33.8 Å². The van der Waals surface area contributed by atoms with Gasteiger partial charge in [-0.2, -0.15) is 0 Å². The summed E-state index contributed by atoms with van der Waals surface area (Å²) in [7, 11) is 0. The minimum Gasteiger partial charge on any atom is -0.481 e. The van der Waals surface area contributed by atoms with Crippen molar-refractivity contribution >= 4 is 23.9 Å². The van der Waals surface area contributed by atoms with Gasteiger partial charge in [-0.15, -0.1) is 0 Å². The van der Waals surface area contributed by atoms with Crippen molar-refractivity contribution in [2.45, 2.75) is 56.7 Å². The van der Waals surface area contributed by atoms with Crippen LogP contribution in [0.5, 0.6) is 0 Å². The molecule has 2 amide bonds. The molecule has 0 unspecified atom stereocenters. The van der Waals surface area contributed by atoms with Crippen LogP contribution < -0.4 is 10.6 Å². The predicted octanol–water partition coefficient (Wildman–Crippen LogP) is 4.79. The Morgan fingerprint density at radius 2 is 1.43 bits per heavy atom. The number of ether oxygens (including phenoxy) is 2. The minimum atomic E-state index is -1.31. The standard InChI is InChI=1S/C33H34N2O7/c36-30(41-19-21-10-2-1-3-11-21)18-29(31(37)34-28-17-9-8-16-26(28)32(38)39)35-33(40)42-20-27-24-14-6-4-12-22(24)23-13-5-7-15-25(23)27/h1-7,10-15,26-29H,8-9,16-20H2,(H,34,37)(H,35,40)(H,38,39)/t26-,28+,29+/m1/s1. The van der Waals surface area contributed by atoms with Crippen LogP contribution in [0.15, 0.2) is 78.9 Å². The van der Waals surface area contributed by atoms with E-state index in [4.69, 9.17) is 9.47 Å². The van der Waals surface area contributed by atoms with Gasteiger partial charge in [0.25, 0.3) is 0 Å². The van der Waals surface area contributed by atoms with Crippen molar-refractivity contribution in [2.24, 2.45) is 5.92 Å². The highest BCUT2D eigenvalue weighted by molar-refractivity contribution is 5.90. The smallest absolute Gasteiger partial charge is 0.407 e. The number of amides is 2. The molecule has 3 aromatic carbocycles. The number of carboxylic acids is 1. The molecule has 9 nitrogen and oxygen atoms in total. The summed E-state index contributed by atoms with van der Waals surface area (Å²) in [5.74, 6) is -3.23. The van der Waals surface area contributed by atoms with E-state index in [1.807, 2.05) is 78.9 Å². The molecule has 0 bridgehead atoms. The van der Waals surface area contributed by atoms with Crippen LogP contribution in [0.1, 0.15) is 54.7 Å². The van der Waals surface area contributed by atoms with Gasteiger partial charge in [0.15, 0.2) is 0 Å². The van der Waals surface area contributed by atoms with Gasteiger partial charge in [0, 0.05) is 12.0 Å². The monoisotopic (exact) mass is 570 g/mol. The number of aliphatic carboxylic acids is 1. The zero-order valence-electron chi connectivity index (χ0n) is 23.2. The third-order valence-electron chi connectivity index (χ3n) is 7.98. The Bertz CT molecular complexity index is 1400. The maximum absolute atomic E-state index is 13.3. The maximum atomic E-state index is 13.3. The van der Waals surface area contributed by atoms with Gasteiger partial charge in [-0.25, -0.2) is 4.79 Å². The van der Waals surface area contributed by atoms with Crippen molar-refractivity contribution in [2.75, 3.05) is 6.61 Å². The Kier molecular flexibility index (Phi) is 9.16. The van der Waals surface area contributed by atoms with Crippen LogP contribution in [0.25, 0.3) is 11.1 Å². The predicted molar refractivity (Wildman–Crippen MR) is 154 cm³/mol. The lowest BCUT2D eigenvalue weighted by Crippen LogP contribution is -2.53. The largest absolute Gasteiger partial charge is 0.481 e. The number of benzene rings is 3. The van der Waals surface area contributed by atoms with Crippen LogP contribution in [-0.2, 0) is 30.5 Å². The molecule has 3 N–H and O–H groups in total. The lowest BCUT2D eigenvalue weighted by molar-refractivity contribution is -0.148. The first-order chi connectivity index (χ1) is 20.4. The van der Waals surface area contributed by atoms with Crippen molar-refractivity contribution in [1.29, 1.82) is 0 Å². The summed E-state index contributed by atoms with van der Waals surface area (Å²) < 4.78 is 11.0. The molecular formula is C33H34N2O7. The number of carboxylic acid groups (broad SMARTS) is 1. The molecule has 1 fully saturated rings. The topological polar surface area (TPSA) is 131 Å². The molecule has 9 heteroatoms. The summed E-state index contributed by atoms with van der Waals surface area (Å²) in [6.07, 6.45) is 1.19. The molecule has 3 aromatic rings. The molecule has 42 heavy (non-hydrogen) atoms. The summed E-state index contributed by atoms with van der Waals surface area (Å²) in [6, 6.07) is 23.1. The third-order valence-corrected chi connectivity index (χ3v) is 7.98. The second-order valence-corrected chi connectivity index (χ2v) is 10.7. The SMILES string of the molecule is O=C(C[C@H](NC(=O)OCC1c2ccccc2-c2ccccc21)C(=O)N[C@H]1CCCC[C@H]1C(=O)O)OCc1ccccc1. The molecule has 218 valence electrons. The molecule has 0 heterocycles. The molecule has 0 spiro atoms. The van der Waals surface area contributed by atoms with Crippen molar-refractivity contribution in [1.82, 2.24) is 10.6 Å². The molecule has 2 aliphatic carbocycles. The highest BCUT2D eigenvalue weighted by Crippen LogP contribution is 2.44. The zero-order chi connectivity index (χ0) is 29.5. The molecule has 5 rings (SSSR count). The number of carbonyl (C=O) groups is 4. The Balaban J connectivity index is 1.25. The van der Waals surface area contributed by atoms with Crippen molar-refractivity contribution in [3.05, 3.63) is 95.6 Å². The van der Waals surface area contributed by atoms with Crippen LogP contribution in [0, 0.1) is 5.92 Å². The number of alkyl carbamates (subject to hydrolysis) is 1. The molecule has 2 aliphatic rings. The van der Waals surface area contributed by atoms with E-state index in [0.29, 0.717) is 12.8 Å². The molecular weight excluding hydrogens is 536 g/mol. The number of carbonyl (C=O) groups excluding carboxylic acids is 3. The number of hydrogen-bond donors (Lipinski definition) is 3. The van der Waals surface area contributed by atoms with E-state index in [9.17, 15) is 24.3 Å². The maximum Gasteiger partial charge on any atom is 0.407 e. The van der Waals surface area contributed by atoms with Crippen molar-refractivity contribution in [3.8, 4) is 11.1 Å². The Morgan fingerprint density at radius 1 is 0.810 bits per heavy atom. The van der Waals surface area contributed by atoms with Crippen molar-refractivity contribution in [3.63, 3.8) is 0 Å². The molecule has 3 atom stereocenters. The van der Waals surface area contributed by atoms with E-state index >= 15 is 0 Å². The second-order valence-electron chi connectivity index (χ2n) is 10.7.